The van der Waals surface area contributed by atoms with Gasteiger partial charge in [0.05, 0.1) is 37.9 Å². The SMILES string of the molecule is COC(=O)N1CCC(n2ncc3c(N4CCOCC4)nc(-c4ccc(NC(=O)OCCN(C)C)cc4)nc32)CC1. The van der Waals surface area contributed by atoms with Crippen LogP contribution in [0, 0.1) is 0 Å². The molecule has 2 aliphatic rings. The number of likely N-dealkylation sites (tertiary alicyclic amines) is 1. The fraction of sp³-hybridized carbons (Fsp3) is 0.519. The summed E-state index contributed by atoms with van der Waals surface area (Å²) >= 11 is 0. The van der Waals surface area contributed by atoms with E-state index in [1.54, 1.807) is 4.90 Å². The number of ether oxygens (including phenoxy) is 3. The van der Waals surface area contributed by atoms with Crippen molar-refractivity contribution >= 4 is 34.7 Å². The van der Waals surface area contributed by atoms with Crippen LogP contribution in [0.3, 0.4) is 0 Å². The third kappa shape index (κ3) is 6.26. The van der Waals surface area contributed by atoms with Crippen molar-refractivity contribution in [2.24, 2.45) is 0 Å². The second kappa shape index (κ2) is 12.5. The summed E-state index contributed by atoms with van der Waals surface area (Å²) in [7, 11) is 5.25. The monoisotopic (exact) mass is 552 g/mol. The Labute approximate surface area is 233 Å². The zero-order valence-corrected chi connectivity index (χ0v) is 23.2. The van der Waals surface area contributed by atoms with E-state index in [0.29, 0.717) is 51.0 Å². The van der Waals surface area contributed by atoms with Crippen molar-refractivity contribution in [2.45, 2.75) is 18.9 Å². The van der Waals surface area contributed by atoms with E-state index in [4.69, 9.17) is 29.3 Å². The number of morpholine rings is 1. The summed E-state index contributed by atoms with van der Waals surface area (Å²) in [5.41, 5.74) is 2.20. The van der Waals surface area contributed by atoms with Crippen LogP contribution < -0.4 is 10.2 Å². The van der Waals surface area contributed by atoms with Crippen molar-refractivity contribution < 1.29 is 23.8 Å². The molecule has 40 heavy (non-hydrogen) atoms. The summed E-state index contributed by atoms with van der Waals surface area (Å²) in [6, 6.07) is 7.49. The number of nitrogens with one attached hydrogen (secondary N) is 1. The van der Waals surface area contributed by atoms with E-state index in [-0.39, 0.29) is 12.1 Å². The molecular weight excluding hydrogens is 516 g/mol. The number of hydrogen-bond acceptors (Lipinski definition) is 10. The van der Waals surface area contributed by atoms with Gasteiger partial charge in [-0.2, -0.15) is 5.10 Å². The summed E-state index contributed by atoms with van der Waals surface area (Å²) in [6.07, 6.45) is 2.55. The standard InChI is InChI=1S/C27H36N8O5/c1-32(2)12-17-40-26(36)29-20-6-4-19(5-7-20)23-30-24(33-13-15-39-16-14-33)22-18-28-35(25(22)31-23)21-8-10-34(11-9-21)27(37)38-3/h4-7,18,21H,8-17H2,1-3H3,(H,29,36). The van der Waals surface area contributed by atoms with Crippen LogP contribution >= 0.6 is 0 Å². The molecule has 1 N–H and O–H groups in total. The maximum Gasteiger partial charge on any atom is 0.411 e. The zero-order valence-electron chi connectivity index (χ0n) is 23.2. The van der Waals surface area contributed by atoms with E-state index in [9.17, 15) is 9.59 Å². The molecule has 2 aromatic heterocycles. The molecule has 0 bridgehead atoms. The summed E-state index contributed by atoms with van der Waals surface area (Å²) in [5, 5.41) is 8.38. The number of hydrogen-bond donors (Lipinski definition) is 1. The van der Waals surface area contributed by atoms with Crippen LogP contribution in [0.1, 0.15) is 18.9 Å². The van der Waals surface area contributed by atoms with Crippen molar-refractivity contribution in [1.82, 2.24) is 29.5 Å². The Morgan fingerprint density at radius 3 is 2.48 bits per heavy atom. The number of methoxy groups -OCH3 is 1. The Balaban J connectivity index is 1.40. The highest BCUT2D eigenvalue weighted by atomic mass is 16.5. The van der Waals surface area contributed by atoms with E-state index >= 15 is 0 Å². The highest BCUT2D eigenvalue weighted by Crippen LogP contribution is 2.32. The minimum atomic E-state index is -0.496. The van der Waals surface area contributed by atoms with Gasteiger partial charge in [0.2, 0.25) is 0 Å². The topological polar surface area (TPSA) is 127 Å². The first-order valence-electron chi connectivity index (χ1n) is 13.5. The lowest BCUT2D eigenvalue weighted by molar-refractivity contribution is 0.106. The van der Waals surface area contributed by atoms with E-state index < -0.39 is 6.09 Å². The average Bonchev–Trinajstić information content (AvgIpc) is 3.41. The number of rotatable bonds is 7. The van der Waals surface area contributed by atoms with E-state index in [1.165, 1.54) is 7.11 Å². The first kappa shape index (κ1) is 27.6. The Kier molecular flexibility index (Phi) is 8.60. The second-order valence-corrected chi connectivity index (χ2v) is 10.1. The predicted octanol–water partition coefficient (Wildman–Crippen LogP) is 2.84. The van der Waals surface area contributed by atoms with Gasteiger partial charge in [0, 0.05) is 44.0 Å². The number of aromatic nitrogens is 4. The third-order valence-corrected chi connectivity index (χ3v) is 7.15. The van der Waals surface area contributed by atoms with Gasteiger partial charge in [-0.15, -0.1) is 0 Å². The van der Waals surface area contributed by atoms with Crippen LogP contribution in [0.4, 0.5) is 21.1 Å². The molecule has 2 aliphatic heterocycles. The number of carbonyl (C=O) groups excluding carboxylic acids is 2. The first-order chi connectivity index (χ1) is 19.4. The van der Waals surface area contributed by atoms with Gasteiger partial charge >= 0.3 is 12.2 Å². The van der Waals surface area contributed by atoms with Gasteiger partial charge in [0.1, 0.15) is 12.4 Å². The Morgan fingerprint density at radius 2 is 1.80 bits per heavy atom. The summed E-state index contributed by atoms with van der Waals surface area (Å²) in [5.74, 6) is 1.40. The Hall–Kier alpha value is -3.97. The molecule has 3 aromatic rings. The lowest BCUT2D eigenvalue weighted by Gasteiger charge is -2.31. The number of anilines is 2. The molecule has 0 radical (unpaired) electrons. The molecule has 0 unspecified atom stereocenters. The van der Waals surface area contributed by atoms with Crippen molar-refractivity contribution in [3.8, 4) is 11.4 Å². The minimum Gasteiger partial charge on any atom is -0.453 e. The molecule has 0 aliphatic carbocycles. The number of likely N-dealkylation sites (N-methyl/N-ethyl adjacent to an activating group) is 1. The van der Waals surface area contributed by atoms with Gasteiger partial charge in [-0.05, 0) is 51.2 Å². The number of carbonyl (C=O) groups is 2. The van der Waals surface area contributed by atoms with Crippen LogP contribution in [0.15, 0.2) is 30.5 Å². The van der Waals surface area contributed by atoms with Gasteiger partial charge in [0.25, 0.3) is 0 Å². The lowest BCUT2D eigenvalue weighted by atomic mass is 10.1. The lowest BCUT2D eigenvalue weighted by Crippen LogP contribution is -2.39. The quantitative estimate of drug-likeness (QED) is 0.467. The van der Waals surface area contributed by atoms with Crippen molar-refractivity contribution in [1.29, 1.82) is 0 Å². The van der Waals surface area contributed by atoms with Gasteiger partial charge < -0.3 is 28.9 Å². The number of amides is 2. The fourth-order valence-corrected chi connectivity index (χ4v) is 4.92. The normalized spacial score (nSPS) is 16.4. The van der Waals surface area contributed by atoms with E-state index in [2.05, 4.69) is 10.2 Å². The van der Waals surface area contributed by atoms with Gasteiger partial charge in [-0.25, -0.2) is 24.2 Å². The molecule has 2 saturated heterocycles. The molecule has 0 atom stereocenters. The van der Waals surface area contributed by atoms with Crippen molar-refractivity contribution in [2.75, 3.05) is 84.0 Å². The van der Waals surface area contributed by atoms with E-state index in [1.807, 2.05) is 54.1 Å². The smallest absolute Gasteiger partial charge is 0.411 e. The number of nitrogens with zero attached hydrogens (tertiary/aromatic N) is 7. The third-order valence-electron chi connectivity index (χ3n) is 7.15. The molecule has 4 heterocycles. The van der Waals surface area contributed by atoms with Crippen LogP contribution in [-0.4, -0.2) is 115 Å². The number of fused-ring (bicyclic) bond motifs is 1. The molecule has 0 saturated carbocycles. The zero-order chi connectivity index (χ0) is 28.1. The van der Waals surface area contributed by atoms with Crippen LogP contribution in [0.5, 0.6) is 0 Å². The second-order valence-electron chi connectivity index (χ2n) is 10.1. The minimum absolute atomic E-state index is 0.101. The van der Waals surface area contributed by atoms with Crippen LogP contribution in [0.25, 0.3) is 22.4 Å². The highest BCUT2D eigenvalue weighted by Gasteiger charge is 2.28. The Bertz CT molecular complexity index is 1310. The fourth-order valence-electron chi connectivity index (χ4n) is 4.92. The molecule has 2 amide bonds. The van der Waals surface area contributed by atoms with Crippen molar-refractivity contribution in [3.63, 3.8) is 0 Å². The van der Waals surface area contributed by atoms with Gasteiger partial charge in [-0.3, -0.25) is 5.32 Å². The van der Waals surface area contributed by atoms with Crippen LogP contribution in [-0.2, 0) is 14.2 Å². The van der Waals surface area contributed by atoms with Gasteiger partial charge in [-0.1, -0.05) is 0 Å². The summed E-state index contributed by atoms with van der Waals surface area (Å²) < 4.78 is 17.6. The van der Waals surface area contributed by atoms with Crippen molar-refractivity contribution in [3.05, 3.63) is 30.5 Å². The number of benzene rings is 1. The maximum absolute atomic E-state index is 12.1. The summed E-state index contributed by atoms with van der Waals surface area (Å²) in [6.45, 7) is 4.87. The first-order valence-corrected chi connectivity index (χ1v) is 13.5. The maximum atomic E-state index is 12.1. The number of piperidine rings is 1. The molecule has 13 heteroatoms. The summed E-state index contributed by atoms with van der Waals surface area (Å²) in [4.78, 5) is 39.9. The molecule has 214 valence electrons. The molecular formula is C27H36N8O5. The molecule has 1 aromatic carbocycles. The Morgan fingerprint density at radius 1 is 1.07 bits per heavy atom. The highest BCUT2D eigenvalue weighted by molar-refractivity contribution is 5.89. The largest absolute Gasteiger partial charge is 0.453 e. The average molecular weight is 553 g/mol. The predicted molar refractivity (Wildman–Crippen MR) is 150 cm³/mol. The molecule has 13 nitrogen and oxygen atoms in total. The van der Waals surface area contributed by atoms with E-state index in [0.717, 1.165) is 48.3 Å². The van der Waals surface area contributed by atoms with Crippen LogP contribution in [0.2, 0.25) is 0 Å². The molecule has 0 spiro atoms. The molecule has 5 rings (SSSR count). The van der Waals surface area contributed by atoms with Gasteiger partial charge in [0.15, 0.2) is 11.5 Å². The molecule has 2 fully saturated rings.